The van der Waals surface area contributed by atoms with E-state index in [1.807, 2.05) is 0 Å². The van der Waals surface area contributed by atoms with Gasteiger partial charge in [-0.1, -0.05) is 0 Å². The number of methoxy groups -OCH3 is 1. The number of ether oxygens (including phenoxy) is 1. The molecule has 4 N–H and O–H groups in total. The molecule has 0 atom stereocenters. The van der Waals surface area contributed by atoms with Gasteiger partial charge in [0.15, 0.2) is 0 Å². The lowest BCUT2D eigenvalue weighted by atomic mass is 9.89. The number of hydrogen-bond acceptors (Lipinski definition) is 3. The first-order chi connectivity index (χ1) is 4.64. The topological polar surface area (TPSA) is 61.3 Å². The van der Waals surface area contributed by atoms with Crippen molar-refractivity contribution in [1.29, 1.82) is 0 Å². The Bertz CT molecular complexity index is 104. The van der Waals surface area contributed by atoms with Gasteiger partial charge in [-0.05, 0) is 25.7 Å². The van der Waals surface area contributed by atoms with Crippen LogP contribution in [0.4, 0.5) is 0 Å². The molecule has 0 aromatic heterocycles. The van der Waals surface area contributed by atoms with Gasteiger partial charge >= 0.3 is 0 Å². The third kappa shape index (κ3) is 1.94. The molecule has 0 bridgehead atoms. The highest BCUT2D eigenvalue weighted by atomic mass is 16.5. The Hall–Kier alpha value is -0.120. The van der Waals surface area contributed by atoms with Crippen LogP contribution in [0.15, 0.2) is 0 Å². The van der Waals surface area contributed by atoms with E-state index in [1.54, 1.807) is 7.11 Å². The van der Waals surface area contributed by atoms with Gasteiger partial charge in [-0.2, -0.15) is 0 Å². The summed E-state index contributed by atoms with van der Waals surface area (Å²) in [5.74, 6) is 0. The van der Waals surface area contributed by atoms with Crippen molar-refractivity contribution >= 4 is 0 Å². The van der Waals surface area contributed by atoms with E-state index in [0.717, 1.165) is 25.7 Å². The van der Waals surface area contributed by atoms with Crippen molar-refractivity contribution in [3.05, 3.63) is 0 Å². The minimum Gasteiger partial charge on any atom is -0.381 e. The zero-order chi connectivity index (χ0) is 7.61. The zero-order valence-corrected chi connectivity index (χ0v) is 6.47. The Morgan fingerprint density at radius 2 is 1.80 bits per heavy atom. The van der Waals surface area contributed by atoms with Crippen LogP contribution in [0, 0.1) is 0 Å². The van der Waals surface area contributed by atoms with Gasteiger partial charge in [0.05, 0.1) is 11.8 Å². The van der Waals surface area contributed by atoms with Gasteiger partial charge in [0, 0.05) is 7.11 Å². The fourth-order valence-electron chi connectivity index (χ4n) is 1.36. The van der Waals surface area contributed by atoms with Gasteiger partial charge in [0.25, 0.3) is 0 Å². The Labute approximate surface area is 61.7 Å². The van der Waals surface area contributed by atoms with Crippen LogP contribution in [-0.4, -0.2) is 18.9 Å². The maximum absolute atomic E-state index is 5.72. The molecule has 60 valence electrons. The molecule has 0 unspecified atom stereocenters. The molecule has 0 aromatic rings. The van der Waals surface area contributed by atoms with Crippen LogP contribution in [0.5, 0.6) is 0 Å². The van der Waals surface area contributed by atoms with Crippen LogP contribution in [-0.2, 0) is 4.74 Å². The normalized spacial score (nSPS) is 26.7. The molecule has 1 fully saturated rings. The molecule has 0 aliphatic heterocycles. The van der Waals surface area contributed by atoms with Gasteiger partial charge in [-0.3, -0.25) is 0 Å². The number of rotatable bonds is 1. The molecule has 0 amide bonds. The summed E-state index contributed by atoms with van der Waals surface area (Å²) >= 11 is 0. The average molecular weight is 144 g/mol. The van der Waals surface area contributed by atoms with E-state index in [4.69, 9.17) is 16.2 Å². The van der Waals surface area contributed by atoms with E-state index >= 15 is 0 Å². The summed E-state index contributed by atoms with van der Waals surface area (Å²) in [5.41, 5.74) is 11.0. The maximum Gasteiger partial charge on any atom is 0.0638 e. The van der Waals surface area contributed by atoms with Crippen LogP contribution in [0.25, 0.3) is 0 Å². The second-order valence-corrected chi connectivity index (χ2v) is 3.17. The highest BCUT2D eigenvalue weighted by Crippen LogP contribution is 2.23. The van der Waals surface area contributed by atoms with Crippen molar-refractivity contribution in [1.82, 2.24) is 0 Å². The molecule has 0 aromatic carbocycles. The Morgan fingerprint density at radius 1 is 1.30 bits per heavy atom. The summed E-state index contributed by atoms with van der Waals surface area (Å²) < 4.78 is 5.17. The fourth-order valence-corrected chi connectivity index (χ4v) is 1.36. The van der Waals surface area contributed by atoms with E-state index in [9.17, 15) is 0 Å². The fraction of sp³-hybridized carbons (Fsp3) is 1.00. The van der Waals surface area contributed by atoms with Crippen molar-refractivity contribution in [2.24, 2.45) is 11.5 Å². The molecule has 0 radical (unpaired) electrons. The highest BCUT2D eigenvalue weighted by Gasteiger charge is 2.27. The van der Waals surface area contributed by atoms with Crippen molar-refractivity contribution in [2.75, 3.05) is 7.11 Å². The number of hydrogen-bond donors (Lipinski definition) is 2. The summed E-state index contributed by atoms with van der Waals surface area (Å²) in [5, 5.41) is 0. The lowest BCUT2D eigenvalue weighted by Crippen LogP contribution is -2.52. The summed E-state index contributed by atoms with van der Waals surface area (Å²) in [4.78, 5) is 0. The van der Waals surface area contributed by atoms with E-state index < -0.39 is 5.66 Å². The Balaban J connectivity index is 2.31. The van der Waals surface area contributed by atoms with Crippen LogP contribution in [0.1, 0.15) is 25.7 Å². The highest BCUT2D eigenvalue weighted by molar-refractivity contribution is 4.84. The second kappa shape index (κ2) is 2.86. The lowest BCUT2D eigenvalue weighted by molar-refractivity contribution is 0.0510. The molecule has 10 heavy (non-hydrogen) atoms. The first-order valence-electron chi connectivity index (χ1n) is 3.74. The minimum atomic E-state index is -0.422. The van der Waals surface area contributed by atoms with Gasteiger partial charge in [-0.15, -0.1) is 0 Å². The third-order valence-electron chi connectivity index (χ3n) is 2.20. The largest absolute Gasteiger partial charge is 0.381 e. The molecule has 3 nitrogen and oxygen atoms in total. The maximum atomic E-state index is 5.72. The predicted molar refractivity (Wildman–Crippen MR) is 40.4 cm³/mol. The monoisotopic (exact) mass is 144 g/mol. The smallest absolute Gasteiger partial charge is 0.0638 e. The first kappa shape index (κ1) is 7.98. The molecule has 0 heterocycles. The Kier molecular flexibility index (Phi) is 2.28. The molecule has 3 heteroatoms. The molecule has 0 saturated heterocycles. The van der Waals surface area contributed by atoms with Gasteiger partial charge in [-0.25, -0.2) is 0 Å². The van der Waals surface area contributed by atoms with Crippen molar-refractivity contribution in [3.63, 3.8) is 0 Å². The molecular formula is C7H16N2O. The SMILES string of the molecule is COC1CCC(N)(N)CC1. The lowest BCUT2D eigenvalue weighted by Gasteiger charge is -2.32. The molecule has 1 aliphatic rings. The van der Waals surface area contributed by atoms with Crippen LogP contribution in [0.2, 0.25) is 0 Å². The molecule has 1 saturated carbocycles. The van der Waals surface area contributed by atoms with Gasteiger partial charge < -0.3 is 16.2 Å². The van der Waals surface area contributed by atoms with Gasteiger partial charge in [0.2, 0.25) is 0 Å². The third-order valence-corrected chi connectivity index (χ3v) is 2.20. The van der Waals surface area contributed by atoms with Gasteiger partial charge in [0.1, 0.15) is 0 Å². The second-order valence-electron chi connectivity index (χ2n) is 3.17. The molecule has 0 spiro atoms. The van der Waals surface area contributed by atoms with E-state index in [1.165, 1.54) is 0 Å². The van der Waals surface area contributed by atoms with Crippen molar-refractivity contribution < 1.29 is 4.74 Å². The zero-order valence-electron chi connectivity index (χ0n) is 6.47. The minimum absolute atomic E-state index is 0.389. The van der Waals surface area contributed by atoms with Crippen molar-refractivity contribution in [2.45, 2.75) is 37.5 Å². The summed E-state index contributed by atoms with van der Waals surface area (Å²) in [6.45, 7) is 0. The van der Waals surface area contributed by atoms with Crippen molar-refractivity contribution in [3.8, 4) is 0 Å². The van der Waals surface area contributed by atoms with Crippen LogP contribution < -0.4 is 11.5 Å². The Morgan fingerprint density at radius 3 is 2.20 bits per heavy atom. The molecule has 1 aliphatic carbocycles. The standard InChI is InChI=1S/C7H16N2O/c1-10-6-2-4-7(8,9)5-3-6/h6H,2-5,8-9H2,1H3. The predicted octanol–water partition coefficient (Wildman–Crippen LogP) is 0.189. The quantitative estimate of drug-likeness (QED) is 0.516. The van der Waals surface area contributed by atoms with Crippen LogP contribution >= 0.6 is 0 Å². The summed E-state index contributed by atoms with van der Waals surface area (Å²) in [6.07, 6.45) is 4.16. The average Bonchev–Trinajstić information content (AvgIpc) is 1.88. The molecule has 1 rings (SSSR count). The summed E-state index contributed by atoms with van der Waals surface area (Å²) in [6, 6.07) is 0. The summed E-state index contributed by atoms with van der Waals surface area (Å²) in [7, 11) is 1.74. The number of nitrogens with two attached hydrogens (primary N) is 2. The van der Waals surface area contributed by atoms with E-state index in [2.05, 4.69) is 0 Å². The van der Waals surface area contributed by atoms with Crippen LogP contribution in [0.3, 0.4) is 0 Å². The van der Waals surface area contributed by atoms with E-state index in [0.29, 0.717) is 6.10 Å². The molecular weight excluding hydrogens is 128 g/mol. The first-order valence-corrected chi connectivity index (χ1v) is 3.74. The van der Waals surface area contributed by atoms with E-state index in [-0.39, 0.29) is 0 Å².